The summed E-state index contributed by atoms with van der Waals surface area (Å²) in [6.07, 6.45) is 40.8. The Bertz CT molecular complexity index is 1270. The number of ether oxygens (including phenoxy) is 4. The molecule has 0 saturated heterocycles. The van der Waals surface area contributed by atoms with E-state index in [0.717, 1.165) is 65.5 Å². The molecular formula is C55H91NO5. The van der Waals surface area contributed by atoms with Crippen molar-refractivity contribution in [1.82, 2.24) is 5.16 Å². The summed E-state index contributed by atoms with van der Waals surface area (Å²) in [4.78, 5) is 0. The van der Waals surface area contributed by atoms with E-state index in [-0.39, 0.29) is 0 Å². The molecule has 346 valence electrons. The maximum atomic E-state index is 6.36. The summed E-state index contributed by atoms with van der Waals surface area (Å²) in [5, 5.41) is 4.58. The van der Waals surface area contributed by atoms with Gasteiger partial charge in [-0.25, -0.2) is 0 Å². The molecule has 6 heteroatoms. The Hall–Kier alpha value is -3.15. The van der Waals surface area contributed by atoms with Gasteiger partial charge in [-0.3, -0.25) is 0 Å². The van der Waals surface area contributed by atoms with E-state index in [2.05, 4.69) is 57.1 Å². The Morgan fingerprint density at radius 3 is 0.869 bits per heavy atom. The maximum absolute atomic E-state index is 6.36. The molecule has 1 aromatic heterocycles. The predicted molar refractivity (Wildman–Crippen MR) is 260 cm³/mol. The Balaban J connectivity index is 1.68. The third-order valence-electron chi connectivity index (χ3n) is 11.9. The minimum Gasteiger partial charge on any atom is -0.493 e. The fourth-order valence-electron chi connectivity index (χ4n) is 8.02. The molecule has 0 radical (unpaired) electrons. The minimum absolute atomic E-state index is 0.691. The van der Waals surface area contributed by atoms with E-state index < -0.39 is 0 Å². The van der Waals surface area contributed by atoms with Crippen molar-refractivity contribution in [1.29, 1.82) is 0 Å². The molecule has 6 nitrogen and oxygen atoms in total. The van der Waals surface area contributed by atoms with Gasteiger partial charge >= 0.3 is 0 Å². The lowest BCUT2D eigenvalue weighted by Gasteiger charge is -2.12. The van der Waals surface area contributed by atoms with E-state index in [1.807, 2.05) is 18.2 Å². The second kappa shape index (κ2) is 36.3. The number of rotatable bonds is 42. The van der Waals surface area contributed by atoms with E-state index in [9.17, 15) is 0 Å². The quantitative estimate of drug-likeness (QED) is 0.0529. The van der Waals surface area contributed by atoms with Crippen molar-refractivity contribution in [2.24, 2.45) is 0 Å². The lowest BCUT2D eigenvalue weighted by molar-refractivity contribution is 0.289. The van der Waals surface area contributed by atoms with Crippen molar-refractivity contribution in [3.05, 3.63) is 42.5 Å². The molecule has 2 aromatic carbocycles. The molecule has 0 aliphatic heterocycles. The molecule has 0 atom stereocenters. The first-order chi connectivity index (χ1) is 30.2. The molecule has 0 amide bonds. The van der Waals surface area contributed by atoms with Crippen molar-refractivity contribution in [2.45, 2.75) is 233 Å². The van der Waals surface area contributed by atoms with E-state index >= 15 is 0 Å². The lowest BCUT2D eigenvalue weighted by Crippen LogP contribution is -2.01. The van der Waals surface area contributed by atoms with Crippen molar-refractivity contribution in [3.8, 4) is 45.6 Å². The summed E-state index contributed by atoms with van der Waals surface area (Å²) in [6, 6.07) is 14.4. The Morgan fingerprint density at radius 2 is 0.574 bits per heavy atom. The zero-order valence-corrected chi connectivity index (χ0v) is 40.0. The molecule has 61 heavy (non-hydrogen) atoms. The summed E-state index contributed by atoms with van der Waals surface area (Å²) < 4.78 is 31.5. The molecule has 0 fully saturated rings. The van der Waals surface area contributed by atoms with E-state index in [0.29, 0.717) is 32.2 Å². The average Bonchev–Trinajstić information content (AvgIpc) is 3.78. The zero-order chi connectivity index (χ0) is 43.3. The fourth-order valence-corrected chi connectivity index (χ4v) is 8.02. The van der Waals surface area contributed by atoms with Crippen LogP contribution in [0.2, 0.25) is 0 Å². The van der Waals surface area contributed by atoms with Crippen LogP contribution in [-0.4, -0.2) is 31.6 Å². The SMILES string of the molecule is CCCCCCCCCCOc1cc(OCCCCCCCCCC)cc(-c2cc(-c3cc(OCCCCCCCCCC)cc(OCCCCCCCCCC)c3)on2)c1. The van der Waals surface area contributed by atoms with E-state index in [1.54, 1.807) is 0 Å². The predicted octanol–water partition coefficient (Wildman–Crippen LogP) is 18.1. The van der Waals surface area contributed by atoms with Gasteiger partial charge in [0.15, 0.2) is 5.76 Å². The van der Waals surface area contributed by atoms with Crippen molar-refractivity contribution < 1.29 is 23.5 Å². The normalized spacial score (nSPS) is 11.3. The molecule has 0 saturated carbocycles. The van der Waals surface area contributed by atoms with Crippen molar-refractivity contribution >= 4 is 0 Å². The smallest absolute Gasteiger partial charge is 0.167 e. The Kier molecular flexibility index (Phi) is 31.1. The first-order valence-electron chi connectivity index (χ1n) is 26.0. The third-order valence-corrected chi connectivity index (χ3v) is 11.9. The lowest BCUT2D eigenvalue weighted by atomic mass is 10.1. The van der Waals surface area contributed by atoms with E-state index in [4.69, 9.17) is 23.5 Å². The highest BCUT2D eigenvalue weighted by Crippen LogP contribution is 2.35. The largest absolute Gasteiger partial charge is 0.493 e. The Morgan fingerprint density at radius 1 is 0.311 bits per heavy atom. The van der Waals surface area contributed by atoms with Gasteiger partial charge in [0.1, 0.15) is 28.7 Å². The van der Waals surface area contributed by atoms with Crippen LogP contribution in [0.4, 0.5) is 0 Å². The van der Waals surface area contributed by atoms with Crippen molar-refractivity contribution in [3.63, 3.8) is 0 Å². The van der Waals surface area contributed by atoms with E-state index in [1.165, 1.54) is 180 Å². The summed E-state index contributed by atoms with van der Waals surface area (Å²) in [5.74, 6) is 3.97. The fraction of sp³-hybridized carbons (Fsp3) is 0.727. The van der Waals surface area contributed by atoms with Gasteiger partial charge < -0.3 is 23.5 Å². The van der Waals surface area contributed by atoms with Crippen LogP contribution in [0.25, 0.3) is 22.6 Å². The van der Waals surface area contributed by atoms with Gasteiger partial charge in [-0.05, 0) is 49.9 Å². The van der Waals surface area contributed by atoms with Gasteiger partial charge in [-0.2, -0.15) is 0 Å². The summed E-state index contributed by atoms with van der Waals surface area (Å²) in [6.45, 7) is 11.9. The van der Waals surface area contributed by atoms with Crippen LogP contribution in [0, 0.1) is 0 Å². The van der Waals surface area contributed by atoms with Gasteiger partial charge in [0.25, 0.3) is 0 Å². The highest BCUT2D eigenvalue weighted by molar-refractivity contribution is 5.70. The molecule has 0 bridgehead atoms. The first kappa shape index (κ1) is 52.2. The molecule has 0 spiro atoms. The van der Waals surface area contributed by atoms with Gasteiger partial charge in [-0.15, -0.1) is 0 Å². The standard InChI is InChI=1S/C55H91NO5/c1-5-9-13-17-21-25-29-33-37-57-50-41-48(42-51(45-50)58-38-34-30-26-22-18-14-10-6-2)54-47-55(61-56-54)49-43-52(59-39-35-31-27-23-19-15-11-7-3)46-53(44-49)60-40-36-32-28-24-20-16-12-8-4/h41-47H,5-40H2,1-4H3. The number of hydrogen-bond donors (Lipinski definition) is 0. The molecule has 0 unspecified atom stereocenters. The van der Waals surface area contributed by atoms with Gasteiger partial charge in [-0.1, -0.05) is 213 Å². The number of hydrogen-bond acceptors (Lipinski definition) is 6. The maximum Gasteiger partial charge on any atom is 0.167 e. The molecular weight excluding hydrogens is 755 g/mol. The zero-order valence-electron chi connectivity index (χ0n) is 40.0. The topological polar surface area (TPSA) is 63.0 Å². The molecule has 0 N–H and O–H groups in total. The molecule has 0 aliphatic carbocycles. The Labute approximate surface area is 375 Å². The number of unbranched alkanes of at least 4 members (excludes halogenated alkanes) is 28. The van der Waals surface area contributed by atoms with Crippen LogP contribution in [0.3, 0.4) is 0 Å². The van der Waals surface area contributed by atoms with Crippen LogP contribution in [0.1, 0.15) is 233 Å². The number of benzene rings is 2. The van der Waals surface area contributed by atoms with Gasteiger partial charge in [0.05, 0.1) is 26.4 Å². The van der Waals surface area contributed by atoms with Gasteiger partial charge in [0.2, 0.25) is 0 Å². The summed E-state index contributed by atoms with van der Waals surface area (Å²) in [5.41, 5.74) is 2.60. The molecule has 3 aromatic rings. The van der Waals surface area contributed by atoms with Crippen LogP contribution in [0.5, 0.6) is 23.0 Å². The molecule has 0 aliphatic rings. The molecule has 1 heterocycles. The number of nitrogens with zero attached hydrogens (tertiary/aromatic N) is 1. The van der Waals surface area contributed by atoms with Crippen molar-refractivity contribution in [2.75, 3.05) is 26.4 Å². The highest BCUT2D eigenvalue weighted by Gasteiger charge is 2.15. The highest BCUT2D eigenvalue weighted by atomic mass is 16.5. The molecule has 3 rings (SSSR count). The average molecular weight is 846 g/mol. The van der Waals surface area contributed by atoms with Crippen LogP contribution < -0.4 is 18.9 Å². The minimum atomic E-state index is 0.691. The third kappa shape index (κ3) is 25.5. The second-order valence-corrected chi connectivity index (χ2v) is 17.8. The summed E-state index contributed by atoms with van der Waals surface area (Å²) >= 11 is 0. The van der Waals surface area contributed by atoms with Gasteiger partial charge in [0, 0.05) is 29.3 Å². The van der Waals surface area contributed by atoms with Crippen LogP contribution >= 0.6 is 0 Å². The monoisotopic (exact) mass is 846 g/mol. The first-order valence-corrected chi connectivity index (χ1v) is 26.0. The number of aromatic nitrogens is 1. The second-order valence-electron chi connectivity index (χ2n) is 17.8. The summed E-state index contributed by atoms with van der Waals surface area (Å²) in [7, 11) is 0. The van der Waals surface area contributed by atoms with Crippen LogP contribution in [-0.2, 0) is 0 Å². The van der Waals surface area contributed by atoms with Crippen LogP contribution in [0.15, 0.2) is 47.0 Å².